The average Bonchev–Trinajstić information content (AvgIpc) is 2.88. The molecule has 0 aromatic heterocycles. The molecule has 114 valence electrons. The molecule has 2 atom stereocenters. The third-order valence-corrected chi connectivity index (χ3v) is 3.16. The van der Waals surface area contributed by atoms with Gasteiger partial charge in [0.05, 0.1) is 12.5 Å². The second-order valence-corrected chi connectivity index (χ2v) is 4.72. The number of carboxylic acid groups (broad SMARTS) is 1. The quantitative estimate of drug-likeness (QED) is 0.557. The maximum atomic E-state index is 11.9. The predicted octanol–water partition coefficient (Wildman–Crippen LogP) is -0.746. The van der Waals surface area contributed by atoms with Crippen LogP contribution >= 0.6 is 0 Å². The maximum Gasteiger partial charge on any atom is 0.318 e. The van der Waals surface area contributed by atoms with Gasteiger partial charge in [0.15, 0.2) is 0 Å². The van der Waals surface area contributed by atoms with Crippen molar-refractivity contribution in [2.45, 2.75) is 19.4 Å². The standard InChI is InChI=1S/C12H21N3O5/c1-8(10(16)13-4-6-20-2)14-12(19)15-5-3-9(7-15)11(17)18/h8-9H,3-7H2,1-2H3,(H,13,16)(H,14,19)(H,17,18). The number of likely N-dealkylation sites (tertiary alicyclic amines) is 1. The van der Waals surface area contributed by atoms with Gasteiger partial charge in [0.2, 0.25) is 5.91 Å². The Kier molecular flexibility index (Phi) is 6.23. The number of urea groups is 1. The minimum absolute atomic E-state index is 0.180. The number of hydrogen-bond donors (Lipinski definition) is 3. The Labute approximate surface area is 117 Å². The molecule has 0 aromatic rings. The van der Waals surface area contributed by atoms with Gasteiger partial charge in [-0.15, -0.1) is 0 Å². The third kappa shape index (κ3) is 4.69. The summed E-state index contributed by atoms with van der Waals surface area (Å²) in [5.74, 6) is -1.72. The van der Waals surface area contributed by atoms with Gasteiger partial charge < -0.3 is 25.4 Å². The number of methoxy groups -OCH3 is 1. The highest BCUT2D eigenvalue weighted by Crippen LogP contribution is 2.16. The minimum Gasteiger partial charge on any atom is -0.481 e. The topological polar surface area (TPSA) is 108 Å². The van der Waals surface area contributed by atoms with Crippen molar-refractivity contribution >= 4 is 17.9 Å². The molecule has 1 aliphatic rings. The number of aliphatic carboxylic acids is 1. The second kappa shape index (κ2) is 7.68. The van der Waals surface area contributed by atoms with Crippen LogP contribution in [0, 0.1) is 5.92 Å². The zero-order chi connectivity index (χ0) is 15.1. The molecule has 8 heteroatoms. The summed E-state index contributed by atoms with van der Waals surface area (Å²) < 4.78 is 4.80. The lowest BCUT2D eigenvalue weighted by Crippen LogP contribution is -2.49. The second-order valence-electron chi connectivity index (χ2n) is 4.72. The lowest BCUT2D eigenvalue weighted by molar-refractivity contribution is -0.141. The molecule has 0 bridgehead atoms. The van der Waals surface area contributed by atoms with Crippen LogP contribution in [0.5, 0.6) is 0 Å². The molecule has 3 amide bonds. The van der Waals surface area contributed by atoms with Gasteiger partial charge in [-0.2, -0.15) is 0 Å². The molecule has 20 heavy (non-hydrogen) atoms. The van der Waals surface area contributed by atoms with Gasteiger partial charge in [-0.25, -0.2) is 4.79 Å². The van der Waals surface area contributed by atoms with E-state index < -0.39 is 24.0 Å². The van der Waals surface area contributed by atoms with Crippen LogP contribution in [0.4, 0.5) is 4.79 Å². The number of nitrogens with zero attached hydrogens (tertiary/aromatic N) is 1. The van der Waals surface area contributed by atoms with Crippen LogP contribution in [0.15, 0.2) is 0 Å². The highest BCUT2D eigenvalue weighted by atomic mass is 16.5. The van der Waals surface area contributed by atoms with Gasteiger partial charge in [0.25, 0.3) is 0 Å². The number of carbonyl (C=O) groups is 3. The van der Waals surface area contributed by atoms with E-state index in [0.717, 1.165) is 0 Å². The lowest BCUT2D eigenvalue weighted by atomic mass is 10.1. The van der Waals surface area contributed by atoms with Crippen molar-refractivity contribution in [3.05, 3.63) is 0 Å². The molecular formula is C12H21N3O5. The van der Waals surface area contributed by atoms with Crippen LogP contribution < -0.4 is 10.6 Å². The summed E-state index contributed by atoms with van der Waals surface area (Å²) in [5.41, 5.74) is 0. The van der Waals surface area contributed by atoms with Gasteiger partial charge in [-0.1, -0.05) is 0 Å². The zero-order valence-electron chi connectivity index (χ0n) is 11.7. The number of carboxylic acids is 1. The first-order chi connectivity index (χ1) is 9.45. The molecule has 1 aliphatic heterocycles. The molecule has 1 heterocycles. The van der Waals surface area contributed by atoms with Gasteiger partial charge >= 0.3 is 12.0 Å². The monoisotopic (exact) mass is 287 g/mol. The summed E-state index contributed by atoms with van der Waals surface area (Å²) in [7, 11) is 1.53. The maximum absolute atomic E-state index is 11.9. The predicted molar refractivity (Wildman–Crippen MR) is 70.2 cm³/mol. The van der Waals surface area contributed by atoms with Gasteiger partial charge in [-0.3, -0.25) is 9.59 Å². The summed E-state index contributed by atoms with van der Waals surface area (Å²) in [6, 6.07) is -1.09. The number of amides is 3. The molecule has 0 radical (unpaired) electrons. The van der Waals surface area contributed by atoms with Crippen molar-refractivity contribution in [2.24, 2.45) is 5.92 Å². The van der Waals surface area contributed by atoms with Crippen molar-refractivity contribution in [3.8, 4) is 0 Å². The molecule has 0 saturated carbocycles. The largest absolute Gasteiger partial charge is 0.481 e. The Morgan fingerprint density at radius 1 is 1.45 bits per heavy atom. The Morgan fingerprint density at radius 3 is 2.70 bits per heavy atom. The molecule has 1 fully saturated rings. The van der Waals surface area contributed by atoms with Crippen molar-refractivity contribution in [1.29, 1.82) is 0 Å². The van der Waals surface area contributed by atoms with Crippen molar-refractivity contribution in [2.75, 3.05) is 33.4 Å². The van der Waals surface area contributed by atoms with Gasteiger partial charge in [0, 0.05) is 26.7 Å². The summed E-state index contributed by atoms with van der Waals surface area (Å²) in [4.78, 5) is 35.7. The van der Waals surface area contributed by atoms with E-state index in [2.05, 4.69) is 10.6 Å². The average molecular weight is 287 g/mol. The fraction of sp³-hybridized carbons (Fsp3) is 0.750. The van der Waals surface area contributed by atoms with Crippen molar-refractivity contribution in [1.82, 2.24) is 15.5 Å². The first kappa shape index (κ1) is 16.2. The molecule has 8 nitrogen and oxygen atoms in total. The van der Waals surface area contributed by atoms with Crippen molar-refractivity contribution in [3.63, 3.8) is 0 Å². The van der Waals surface area contributed by atoms with Crippen LogP contribution in [0.2, 0.25) is 0 Å². The third-order valence-electron chi connectivity index (χ3n) is 3.16. The van der Waals surface area contributed by atoms with E-state index in [-0.39, 0.29) is 12.5 Å². The van der Waals surface area contributed by atoms with E-state index in [1.165, 1.54) is 12.0 Å². The minimum atomic E-state index is -0.898. The summed E-state index contributed by atoms with van der Waals surface area (Å²) >= 11 is 0. The van der Waals surface area contributed by atoms with Crippen LogP contribution in [-0.4, -0.2) is 67.3 Å². The van der Waals surface area contributed by atoms with Crippen LogP contribution in [-0.2, 0) is 14.3 Å². The van der Waals surface area contributed by atoms with E-state index >= 15 is 0 Å². The zero-order valence-corrected chi connectivity index (χ0v) is 11.7. The van der Waals surface area contributed by atoms with E-state index in [1.54, 1.807) is 6.92 Å². The Balaban J connectivity index is 2.34. The number of ether oxygens (including phenoxy) is 1. The first-order valence-electron chi connectivity index (χ1n) is 6.50. The van der Waals surface area contributed by atoms with E-state index in [9.17, 15) is 14.4 Å². The Hall–Kier alpha value is -1.83. The fourth-order valence-corrected chi connectivity index (χ4v) is 1.92. The van der Waals surface area contributed by atoms with Crippen LogP contribution in [0.25, 0.3) is 0 Å². The molecule has 2 unspecified atom stereocenters. The summed E-state index contributed by atoms with van der Waals surface area (Å²) in [5, 5.41) is 14.0. The van der Waals surface area contributed by atoms with E-state index in [0.29, 0.717) is 26.1 Å². The normalized spacial score (nSPS) is 19.5. The highest BCUT2D eigenvalue weighted by molar-refractivity contribution is 5.87. The molecule has 3 N–H and O–H groups in total. The number of rotatable bonds is 6. The van der Waals surface area contributed by atoms with Gasteiger partial charge in [-0.05, 0) is 13.3 Å². The van der Waals surface area contributed by atoms with Crippen molar-refractivity contribution < 1.29 is 24.2 Å². The Morgan fingerprint density at radius 2 is 2.15 bits per heavy atom. The van der Waals surface area contributed by atoms with E-state index in [4.69, 9.17) is 9.84 Å². The molecular weight excluding hydrogens is 266 g/mol. The van der Waals surface area contributed by atoms with E-state index in [1.807, 2.05) is 0 Å². The number of carbonyl (C=O) groups excluding carboxylic acids is 2. The Bertz CT molecular complexity index is 374. The van der Waals surface area contributed by atoms with Gasteiger partial charge in [0.1, 0.15) is 6.04 Å². The molecule has 1 saturated heterocycles. The molecule has 1 rings (SSSR count). The number of hydrogen-bond acceptors (Lipinski definition) is 4. The SMILES string of the molecule is COCCNC(=O)C(C)NC(=O)N1CCC(C(=O)O)C1. The first-order valence-corrected chi connectivity index (χ1v) is 6.50. The number of nitrogens with one attached hydrogen (secondary N) is 2. The van der Waals surface area contributed by atoms with Crippen LogP contribution in [0.1, 0.15) is 13.3 Å². The fourth-order valence-electron chi connectivity index (χ4n) is 1.92. The van der Waals surface area contributed by atoms with Crippen LogP contribution in [0.3, 0.4) is 0 Å². The lowest BCUT2D eigenvalue weighted by Gasteiger charge is -2.20. The molecule has 0 spiro atoms. The highest BCUT2D eigenvalue weighted by Gasteiger charge is 2.31. The molecule has 0 aliphatic carbocycles. The smallest absolute Gasteiger partial charge is 0.318 e. The summed E-state index contributed by atoms with van der Waals surface area (Å²) in [6.45, 7) is 2.92. The summed E-state index contributed by atoms with van der Waals surface area (Å²) in [6.07, 6.45) is 0.442. The molecule has 0 aromatic carbocycles.